The SMILES string of the molecule is CCCNc1nccc(C(=O)N(CC)C2CCCC2)c1F. The lowest BCUT2D eigenvalue weighted by atomic mass is 10.1. The van der Waals surface area contributed by atoms with Gasteiger partial charge in [0.15, 0.2) is 11.6 Å². The molecule has 0 atom stereocenters. The average molecular weight is 293 g/mol. The van der Waals surface area contributed by atoms with E-state index in [0.717, 1.165) is 32.1 Å². The number of anilines is 1. The molecule has 1 N–H and O–H groups in total. The van der Waals surface area contributed by atoms with Crippen LogP contribution in [0.1, 0.15) is 56.3 Å². The van der Waals surface area contributed by atoms with Gasteiger partial charge in [-0.05, 0) is 32.3 Å². The van der Waals surface area contributed by atoms with Gasteiger partial charge in [-0.15, -0.1) is 0 Å². The van der Waals surface area contributed by atoms with Crippen LogP contribution >= 0.6 is 0 Å². The predicted octanol–water partition coefficient (Wildman–Crippen LogP) is 3.45. The number of carbonyl (C=O) groups excluding carboxylic acids is 1. The summed E-state index contributed by atoms with van der Waals surface area (Å²) in [7, 11) is 0. The van der Waals surface area contributed by atoms with Gasteiger partial charge in [0.05, 0.1) is 5.56 Å². The first kappa shape index (κ1) is 15.7. The van der Waals surface area contributed by atoms with Gasteiger partial charge >= 0.3 is 0 Å². The van der Waals surface area contributed by atoms with Crippen molar-refractivity contribution in [2.24, 2.45) is 0 Å². The molecular formula is C16H24FN3O. The highest BCUT2D eigenvalue weighted by Crippen LogP contribution is 2.26. The number of nitrogens with one attached hydrogen (secondary N) is 1. The fourth-order valence-electron chi connectivity index (χ4n) is 2.91. The fraction of sp³-hybridized carbons (Fsp3) is 0.625. The van der Waals surface area contributed by atoms with Crippen molar-refractivity contribution in [2.75, 3.05) is 18.4 Å². The number of hydrogen-bond donors (Lipinski definition) is 1. The molecule has 0 spiro atoms. The summed E-state index contributed by atoms with van der Waals surface area (Å²) in [5.74, 6) is -0.582. The summed E-state index contributed by atoms with van der Waals surface area (Å²) in [6, 6.07) is 1.73. The molecule has 21 heavy (non-hydrogen) atoms. The van der Waals surface area contributed by atoms with E-state index < -0.39 is 5.82 Å². The highest BCUT2D eigenvalue weighted by molar-refractivity contribution is 5.95. The zero-order valence-corrected chi connectivity index (χ0v) is 12.9. The number of amides is 1. The van der Waals surface area contributed by atoms with Crippen LogP contribution in [0.3, 0.4) is 0 Å². The van der Waals surface area contributed by atoms with Crippen LogP contribution in [0, 0.1) is 5.82 Å². The smallest absolute Gasteiger partial charge is 0.257 e. The molecule has 116 valence electrons. The Bertz CT molecular complexity index is 486. The third-order valence-electron chi connectivity index (χ3n) is 4.03. The minimum atomic E-state index is -0.535. The molecule has 2 rings (SSSR count). The third kappa shape index (κ3) is 3.52. The summed E-state index contributed by atoms with van der Waals surface area (Å²) < 4.78 is 14.5. The van der Waals surface area contributed by atoms with E-state index in [1.165, 1.54) is 12.3 Å². The van der Waals surface area contributed by atoms with E-state index in [9.17, 15) is 9.18 Å². The molecule has 1 aliphatic carbocycles. The van der Waals surface area contributed by atoms with Crippen molar-refractivity contribution in [3.63, 3.8) is 0 Å². The number of carbonyl (C=O) groups is 1. The Balaban J connectivity index is 2.21. The molecule has 1 saturated carbocycles. The molecule has 5 heteroatoms. The number of rotatable bonds is 6. The minimum absolute atomic E-state index is 0.123. The Morgan fingerprint density at radius 1 is 1.43 bits per heavy atom. The van der Waals surface area contributed by atoms with Crippen LogP contribution in [0.2, 0.25) is 0 Å². The maximum absolute atomic E-state index is 14.5. The zero-order chi connectivity index (χ0) is 15.2. The zero-order valence-electron chi connectivity index (χ0n) is 12.9. The lowest BCUT2D eigenvalue weighted by Gasteiger charge is -2.28. The van der Waals surface area contributed by atoms with Gasteiger partial charge in [0.1, 0.15) is 0 Å². The monoisotopic (exact) mass is 293 g/mol. The first-order chi connectivity index (χ1) is 10.2. The van der Waals surface area contributed by atoms with Crippen molar-refractivity contribution in [3.05, 3.63) is 23.6 Å². The molecule has 4 nitrogen and oxygen atoms in total. The standard InChI is InChI=1S/C16H24FN3O/c1-3-10-18-15-14(17)13(9-11-19-15)16(21)20(4-2)12-7-5-6-8-12/h9,11-12H,3-8,10H2,1-2H3,(H,18,19). The summed E-state index contributed by atoms with van der Waals surface area (Å²) in [6.45, 7) is 5.20. The van der Waals surface area contributed by atoms with Crippen LogP contribution in [-0.2, 0) is 0 Å². The second kappa shape index (κ2) is 7.38. The van der Waals surface area contributed by atoms with E-state index in [2.05, 4.69) is 10.3 Å². The van der Waals surface area contributed by atoms with Gasteiger partial charge in [-0.3, -0.25) is 4.79 Å². The second-order valence-corrected chi connectivity index (χ2v) is 5.48. The van der Waals surface area contributed by atoms with Gasteiger partial charge in [-0.2, -0.15) is 0 Å². The minimum Gasteiger partial charge on any atom is -0.368 e. The van der Waals surface area contributed by atoms with Crippen molar-refractivity contribution in [1.29, 1.82) is 0 Å². The number of aromatic nitrogens is 1. The molecule has 0 aliphatic heterocycles. The summed E-state index contributed by atoms with van der Waals surface area (Å²) in [5.41, 5.74) is 0.123. The summed E-state index contributed by atoms with van der Waals surface area (Å²) >= 11 is 0. The molecule has 0 unspecified atom stereocenters. The van der Waals surface area contributed by atoms with Crippen molar-refractivity contribution < 1.29 is 9.18 Å². The Labute approximate surface area is 125 Å². The summed E-state index contributed by atoms with van der Waals surface area (Å²) in [5, 5.41) is 2.93. The van der Waals surface area contributed by atoms with Crippen molar-refractivity contribution in [1.82, 2.24) is 9.88 Å². The molecular weight excluding hydrogens is 269 g/mol. The quantitative estimate of drug-likeness (QED) is 0.873. The summed E-state index contributed by atoms with van der Waals surface area (Å²) in [4.78, 5) is 18.4. The largest absolute Gasteiger partial charge is 0.368 e. The van der Waals surface area contributed by atoms with Gasteiger partial charge in [-0.1, -0.05) is 19.8 Å². The predicted molar refractivity (Wildman–Crippen MR) is 81.9 cm³/mol. The van der Waals surface area contributed by atoms with E-state index in [0.29, 0.717) is 13.1 Å². The van der Waals surface area contributed by atoms with Crippen LogP contribution < -0.4 is 5.32 Å². The second-order valence-electron chi connectivity index (χ2n) is 5.48. The Kier molecular flexibility index (Phi) is 5.53. The van der Waals surface area contributed by atoms with Gasteiger partial charge < -0.3 is 10.2 Å². The van der Waals surface area contributed by atoms with Gasteiger partial charge in [-0.25, -0.2) is 9.37 Å². The molecule has 0 radical (unpaired) electrons. The van der Waals surface area contributed by atoms with Crippen molar-refractivity contribution in [2.45, 2.75) is 52.0 Å². The van der Waals surface area contributed by atoms with E-state index in [1.54, 1.807) is 4.90 Å². The summed E-state index contributed by atoms with van der Waals surface area (Å²) in [6.07, 6.45) is 6.72. The van der Waals surface area contributed by atoms with Crippen LogP contribution in [0.25, 0.3) is 0 Å². The lowest BCUT2D eigenvalue weighted by Crippen LogP contribution is -2.39. The number of pyridine rings is 1. The fourth-order valence-corrected chi connectivity index (χ4v) is 2.91. The van der Waals surface area contributed by atoms with Crippen LogP contribution in [0.5, 0.6) is 0 Å². The third-order valence-corrected chi connectivity index (χ3v) is 4.03. The highest BCUT2D eigenvalue weighted by Gasteiger charge is 2.28. The van der Waals surface area contributed by atoms with E-state index in [4.69, 9.17) is 0 Å². The average Bonchev–Trinajstić information content (AvgIpc) is 3.01. The molecule has 1 amide bonds. The van der Waals surface area contributed by atoms with Crippen LogP contribution in [0.4, 0.5) is 10.2 Å². The molecule has 1 aromatic rings. The molecule has 0 bridgehead atoms. The maximum Gasteiger partial charge on any atom is 0.257 e. The van der Waals surface area contributed by atoms with Crippen LogP contribution in [-0.4, -0.2) is 34.9 Å². The topological polar surface area (TPSA) is 45.2 Å². The Hall–Kier alpha value is -1.65. The van der Waals surface area contributed by atoms with Crippen LogP contribution in [0.15, 0.2) is 12.3 Å². The van der Waals surface area contributed by atoms with Crippen molar-refractivity contribution in [3.8, 4) is 0 Å². The Morgan fingerprint density at radius 2 is 2.14 bits per heavy atom. The molecule has 1 fully saturated rings. The van der Waals surface area contributed by atoms with E-state index in [1.807, 2.05) is 13.8 Å². The first-order valence-electron chi connectivity index (χ1n) is 7.88. The molecule has 0 saturated heterocycles. The number of hydrogen-bond acceptors (Lipinski definition) is 3. The highest BCUT2D eigenvalue weighted by atomic mass is 19.1. The van der Waals surface area contributed by atoms with Crippen molar-refractivity contribution >= 4 is 11.7 Å². The normalized spacial score (nSPS) is 15.2. The van der Waals surface area contributed by atoms with E-state index in [-0.39, 0.29) is 23.3 Å². The molecule has 0 aromatic carbocycles. The number of halogens is 1. The molecule has 1 heterocycles. The number of nitrogens with zero attached hydrogens (tertiary/aromatic N) is 2. The molecule has 1 aliphatic rings. The maximum atomic E-state index is 14.5. The van der Waals surface area contributed by atoms with Gasteiger partial charge in [0, 0.05) is 25.3 Å². The molecule has 1 aromatic heterocycles. The lowest BCUT2D eigenvalue weighted by molar-refractivity contribution is 0.0688. The van der Waals surface area contributed by atoms with Gasteiger partial charge in [0.25, 0.3) is 5.91 Å². The van der Waals surface area contributed by atoms with Gasteiger partial charge in [0.2, 0.25) is 0 Å². The van der Waals surface area contributed by atoms with E-state index >= 15 is 0 Å². The Morgan fingerprint density at radius 3 is 2.76 bits per heavy atom. The first-order valence-corrected chi connectivity index (χ1v) is 7.88.